The maximum Gasteiger partial charge on any atom is 0.134 e. The van der Waals surface area contributed by atoms with Crippen molar-refractivity contribution < 1.29 is 4.74 Å². The molecule has 0 radical (unpaired) electrons. The van der Waals surface area contributed by atoms with Gasteiger partial charge in [-0.1, -0.05) is 121 Å². The molecule has 35 heavy (non-hydrogen) atoms. The van der Waals surface area contributed by atoms with Gasteiger partial charge in [-0.3, -0.25) is 0 Å². The van der Waals surface area contributed by atoms with Gasteiger partial charge in [-0.05, 0) is 47.2 Å². The van der Waals surface area contributed by atoms with Crippen molar-refractivity contribution in [2.45, 2.75) is 12.8 Å². The SMILES string of the molecule is C=CCc1cccc(Oc2cccc(CC=C)c2C=Cc2ccccc2)c1C=Cc1ccccc1. The summed E-state index contributed by atoms with van der Waals surface area (Å²) in [5.74, 6) is 1.64. The second-order valence-electron chi connectivity index (χ2n) is 8.23. The number of benzene rings is 4. The highest BCUT2D eigenvalue weighted by Gasteiger charge is 2.12. The molecular weight excluding hydrogens is 424 g/mol. The maximum absolute atomic E-state index is 6.62. The summed E-state index contributed by atoms with van der Waals surface area (Å²) in [5.41, 5.74) is 6.76. The normalized spacial score (nSPS) is 11.1. The first-order valence-electron chi connectivity index (χ1n) is 11.9. The molecule has 0 saturated heterocycles. The smallest absolute Gasteiger partial charge is 0.134 e. The Labute approximate surface area is 209 Å². The van der Waals surface area contributed by atoms with Crippen molar-refractivity contribution in [2.75, 3.05) is 0 Å². The molecule has 4 aromatic carbocycles. The second-order valence-corrected chi connectivity index (χ2v) is 8.23. The van der Waals surface area contributed by atoms with E-state index in [2.05, 4.69) is 73.9 Å². The zero-order chi connectivity index (χ0) is 24.3. The Hall–Kier alpha value is -4.36. The van der Waals surface area contributed by atoms with Crippen molar-refractivity contribution in [1.29, 1.82) is 0 Å². The quantitative estimate of drug-likeness (QED) is 0.171. The molecule has 1 nitrogen and oxygen atoms in total. The van der Waals surface area contributed by atoms with E-state index in [0.29, 0.717) is 0 Å². The van der Waals surface area contributed by atoms with Gasteiger partial charge in [0.25, 0.3) is 0 Å². The highest BCUT2D eigenvalue weighted by atomic mass is 16.5. The molecule has 1 heteroatoms. The van der Waals surface area contributed by atoms with E-state index in [1.807, 2.05) is 72.8 Å². The van der Waals surface area contributed by atoms with Gasteiger partial charge in [0.15, 0.2) is 0 Å². The topological polar surface area (TPSA) is 9.23 Å². The van der Waals surface area contributed by atoms with E-state index in [1.54, 1.807) is 0 Å². The summed E-state index contributed by atoms with van der Waals surface area (Å²) >= 11 is 0. The zero-order valence-corrected chi connectivity index (χ0v) is 19.9. The highest BCUT2D eigenvalue weighted by Crippen LogP contribution is 2.34. The summed E-state index contributed by atoms with van der Waals surface area (Å²) in [5, 5.41) is 0. The summed E-state index contributed by atoms with van der Waals surface area (Å²) in [6.07, 6.45) is 13.9. The van der Waals surface area contributed by atoms with Gasteiger partial charge in [0.1, 0.15) is 11.5 Å². The molecule has 0 amide bonds. The maximum atomic E-state index is 6.62. The van der Waals surface area contributed by atoms with Crippen LogP contribution in [0, 0.1) is 0 Å². The predicted molar refractivity (Wildman–Crippen MR) is 151 cm³/mol. The molecule has 0 unspecified atom stereocenters. The van der Waals surface area contributed by atoms with Crippen LogP contribution in [0.15, 0.2) is 122 Å². The average Bonchev–Trinajstić information content (AvgIpc) is 2.89. The highest BCUT2D eigenvalue weighted by molar-refractivity contribution is 5.77. The summed E-state index contributed by atoms with van der Waals surface area (Å²) in [6, 6.07) is 33.0. The largest absolute Gasteiger partial charge is 0.456 e. The predicted octanol–water partition coefficient (Wildman–Crippen LogP) is 9.28. The first-order chi connectivity index (χ1) is 17.3. The lowest BCUT2D eigenvalue weighted by molar-refractivity contribution is 0.479. The van der Waals surface area contributed by atoms with Gasteiger partial charge in [0.2, 0.25) is 0 Å². The van der Waals surface area contributed by atoms with Crippen LogP contribution in [0.25, 0.3) is 24.3 Å². The molecule has 0 atom stereocenters. The van der Waals surface area contributed by atoms with Gasteiger partial charge in [0.05, 0.1) is 0 Å². The molecular formula is C34H30O. The molecule has 0 aliphatic heterocycles. The van der Waals surface area contributed by atoms with Crippen molar-refractivity contribution in [3.05, 3.63) is 156 Å². The summed E-state index contributed by atoms with van der Waals surface area (Å²) < 4.78 is 6.62. The third-order valence-electron chi connectivity index (χ3n) is 5.75. The summed E-state index contributed by atoms with van der Waals surface area (Å²) in [7, 11) is 0. The Morgan fingerprint density at radius 2 is 0.914 bits per heavy atom. The Morgan fingerprint density at radius 3 is 1.31 bits per heavy atom. The Kier molecular flexibility index (Phi) is 8.29. The molecule has 0 aliphatic rings. The lowest BCUT2D eigenvalue weighted by Gasteiger charge is -2.16. The van der Waals surface area contributed by atoms with Crippen LogP contribution in [-0.4, -0.2) is 0 Å². The number of allylic oxidation sites excluding steroid dienone is 2. The van der Waals surface area contributed by atoms with Crippen LogP contribution in [0.1, 0.15) is 33.4 Å². The third-order valence-corrected chi connectivity index (χ3v) is 5.75. The monoisotopic (exact) mass is 454 g/mol. The Balaban J connectivity index is 1.75. The standard InChI is InChI=1S/C34H30O/c1-3-13-29-19-11-21-33(31(29)25-23-27-15-7-5-8-16-27)35-34-22-12-20-30(14-4-2)32(34)26-24-28-17-9-6-10-18-28/h3-12,15-26H,1-2,13-14H2. The molecule has 0 N–H and O–H groups in total. The van der Waals surface area contributed by atoms with Gasteiger partial charge in [-0.25, -0.2) is 0 Å². The molecule has 0 fully saturated rings. The Morgan fingerprint density at radius 1 is 0.486 bits per heavy atom. The van der Waals surface area contributed by atoms with Crippen LogP contribution in [0.3, 0.4) is 0 Å². The summed E-state index contributed by atoms with van der Waals surface area (Å²) in [4.78, 5) is 0. The first-order valence-corrected chi connectivity index (χ1v) is 11.9. The zero-order valence-electron chi connectivity index (χ0n) is 19.9. The van der Waals surface area contributed by atoms with Gasteiger partial charge >= 0.3 is 0 Å². The number of ether oxygens (including phenoxy) is 1. The fourth-order valence-electron chi connectivity index (χ4n) is 4.01. The molecule has 0 saturated carbocycles. The number of hydrogen-bond acceptors (Lipinski definition) is 1. The van der Waals surface area contributed by atoms with Crippen molar-refractivity contribution >= 4 is 24.3 Å². The third kappa shape index (κ3) is 6.37. The van der Waals surface area contributed by atoms with Crippen molar-refractivity contribution in [3.63, 3.8) is 0 Å². The van der Waals surface area contributed by atoms with Crippen molar-refractivity contribution in [1.82, 2.24) is 0 Å². The van der Waals surface area contributed by atoms with Crippen LogP contribution >= 0.6 is 0 Å². The number of rotatable bonds is 10. The minimum atomic E-state index is 0.767. The van der Waals surface area contributed by atoms with E-state index in [0.717, 1.165) is 46.6 Å². The van der Waals surface area contributed by atoms with Crippen LogP contribution in [0.2, 0.25) is 0 Å². The minimum Gasteiger partial charge on any atom is -0.456 e. The van der Waals surface area contributed by atoms with E-state index in [-0.39, 0.29) is 0 Å². The van der Waals surface area contributed by atoms with E-state index >= 15 is 0 Å². The average molecular weight is 455 g/mol. The fourth-order valence-corrected chi connectivity index (χ4v) is 4.01. The minimum absolute atomic E-state index is 0.767. The Bertz CT molecular complexity index is 1220. The lowest BCUT2D eigenvalue weighted by Crippen LogP contribution is -1.97. The molecule has 172 valence electrons. The van der Waals surface area contributed by atoms with Gasteiger partial charge in [0, 0.05) is 11.1 Å². The van der Waals surface area contributed by atoms with Gasteiger partial charge in [-0.2, -0.15) is 0 Å². The molecule has 0 aromatic heterocycles. The summed E-state index contributed by atoms with van der Waals surface area (Å²) in [6.45, 7) is 7.89. The molecule has 0 aliphatic carbocycles. The van der Waals surface area contributed by atoms with Crippen LogP contribution < -0.4 is 4.74 Å². The molecule has 4 aromatic rings. The van der Waals surface area contributed by atoms with E-state index in [9.17, 15) is 0 Å². The second kappa shape index (κ2) is 12.2. The molecule has 4 rings (SSSR count). The van der Waals surface area contributed by atoms with Crippen LogP contribution in [-0.2, 0) is 12.8 Å². The fraction of sp³-hybridized carbons (Fsp3) is 0.0588. The van der Waals surface area contributed by atoms with Gasteiger partial charge < -0.3 is 4.74 Å². The number of hydrogen-bond donors (Lipinski definition) is 0. The van der Waals surface area contributed by atoms with Crippen molar-refractivity contribution in [2.24, 2.45) is 0 Å². The van der Waals surface area contributed by atoms with E-state index < -0.39 is 0 Å². The molecule has 0 heterocycles. The molecule has 0 bridgehead atoms. The molecule has 0 spiro atoms. The van der Waals surface area contributed by atoms with Crippen LogP contribution in [0.4, 0.5) is 0 Å². The van der Waals surface area contributed by atoms with E-state index in [4.69, 9.17) is 4.74 Å². The van der Waals surface area contributed by atoms with Crippen molar-refractivity contribution in [3.8, 4) is 11.5 Å². The van der Waals surface area contributed by atoms with Gasteiger partial charge in [-0.15, -0.1) is 13.2 Å². The van der Waals surface area contributed by atoms with Crippen LogP contribution in [0.5, 0.6) is 11.5 Å². The van der Waals surface area contributed by atoms with E-state index in [1.165, 1.54) is 11.1 Å². The lowest BCUT2D eigenvalue weighted by atomic mass is 10.0. The first kappa shape index (κ1) is 23.8.